The highest BCUT2D eigenvalue weighted by atomic mass is 32.3. The monoisotopic (exact) mass is 583 g/mol. The molecule has 12 nitrogen and oxygen atoms in total. The molecule has 1 fully saturated rings. The van der Waals surface area contributed by atoms with Crippen LogP contribution in [0.25, 0.3) is 0 Å². The van der Waals surface area contributed by atoms with Crippen LogP contribution in [0.15, 0.2) is 12.2 Å². The van der Waals surface area contributed by atoms with Crippen LogP contribution in [0.2, 0.25) is 0 Å². The Labute approximate surface area is 232 Å². The van der Waals surface area contributed by atoms with E-state index in [1.807, 2.05) is 6.08 Å². The molecule has 230 valence electrons. The van der Waals surface area contributed by atoms with Gasteiger partial charge < -0.3 is 35.2 Å². The molecule has 1 heterocycles. The Morgan fingerprint density at radius 3 is 2.08 bits per heavy atom. The number of hydrogen-bond donors (Lipinski definition) is 6. The van der Waals surface area contributed by atoms with E-state index in [-0.39, 0.29) is 6.61 Å². The summed E-state index contributed by atoms with van der Waals surface area (Å²) in [6.45, 7) is 2.35. The van der Waals surface area contributed by atoms with Gasteiger partial charge in [-0.2, -0.15) is 8.42 Å². The average molecular weight is 584 g/mol. The molecule has 0 aliphatic carbocycles. The van der Waals surface area contributed by atoms with Gasteiger partial charge in [0.1, 0.15) is 24.4 Å². The Kier molecular flexibility index (Phi) is 18.2. The van der Waals surface area contributed by atoms with Crippen molar-refractivity contribution in [1.29, 1.82) is 0 Å². The maximum atomic E-state index is 11.6. The minimum Gasteiger partial charge on any atom is -0.394 e. The third-order valence-corrected chi connectivity index (χ3v) is 7.07. The number of carbonyl (C=O) groups excluding carboxylic acids is 1. The average Bonchev–Trinajstić information content (AvgIpc) is 2.87. The predicted octanol–water partition coefficient (Wildman–Crippen LogP) is 1.75. The second kappa shape index (κ2) is 19.8. The van der Waals surface area contributed by atoms with E-state index in [4.69, 9.17) is 14.0 Å². The zero-order valence-electron chi connectivity index (χ0n) is 23.2. The Hall–Kier alpha value is -1.16. The van der Waals surface area contributed by atoms with Crippen LogP contribution in [0.1, 0.15) is 90.9 Å². The van der Waals surface area contributed by atoms with E-state index in [2.05, 4.69) is 16.4 Å². The van der Waals surface area contributed by atoms with Crippen LogP contribution < -0.4 is 5.32 Å². The largest absolute Gasteiger partial charge is 0.397 e. The van der Waals surface area contributed by atoms with E-state index in [0.717, 1.165) is 19.3 Å². The number of ether oxygens (including phenoxy) is 2. The van der Waals surface area contributed by atoms with Gasteiger partial charge in [0, 0.05) is 6.92 Å². The Balaban J connectivity index is 2.49. The number of aliphatic hydroxyl groups is 4. The fourth-order valence-electron chi connectivity index (χ4n) is 4.43. The quantitative estimate of drug-likeness (QED) is 0.0655. The van der Waals surface area contributed by atoms with Crippen LogP contribution in [-0.2, 0) is 28.9 Å². The second-order valence-electron chi connectivity index (χ2n) is 10.1. The lowest BCUT2D eigenvalue weighted by Gasteiger charge is -2.41. The third-order valence-electron chi connectivity index (χ3n) is 6.60. The number of carbonyl (C=O) groups is 1. The summed E-state index contributed by atoms with van der Waals surface area (Å²) in [6.07, 6.45) is 8.05. The van der Waals surface area contributed by atoms with Crippen molar-refractivity contribution in [3.05, 3.63) is 12.2 Å². The molecule has 0 aromatic carbocycles. The molecule has 1 aliphatic heterocycles. The van der Waals surface area contributed by atoms with Gasteiger partial charge in [0.2, 0.25) is 5.91 Å². The number of hydrogen-bond acceptors (Lipinski definition) is 10. The standard InChI is InChI=1S/C26H49NO11S/c1-3-4-5-6-7-8-9-10-11-12-13-14-15-16-21(30)20(27-19(2)29)18-36-26-24(32)25(38-39(33,34)35)23(31)22(17-28)37-26/h15-16,20-26,28,30-32H,3-14,17-18H2,1-2H3,(H,27,29)(H,33,34,35)/t20-,21+,22+,23-,24+,25-,26+/m0/s1. The van der Waals surface area contributed by atoms with Crippen LogP contribution in [0.3, 0.4) is 0 Å². The number of amides is 1. The molecule has 0 spiro atoms. The molecule has 0 unspecified atom stereocenters. The SMILES string of the molecule is CCCCCCCCCCCCCC=C[C@@H](O)[C@H](CO[C@@H]1O[C@H](CO)[C@H](O)[C@H](OS(=O)(=O)O)[C@H]1O)NC(C)=O. The summed E-state index contributed by atoms with van der Waals surface area (Å²) in [4.78, 5) is 11.6. The molecule has 13 heteroatoms. The first-order valence-corrected chi connectivity index (χ1v) is 15.4. The summed E-state index contributed by atoms with van der Waals surface area (Å²) in [5.74, 6) is -0.442. The molecule has 1 aliphatic rings. The first kappa shape index (κ1) is 35.9. The van der Waals surface area contributed by atoms with E-state index >= 15 is 0 Å². The highest BCUT2D eigenvalue weighted by Crippen LogP contribution is 2.25. The highest BCUT2D eigenvalue weighted by molar-refractivity contribution is 7.80. The van der Waals surface area contributed by atoms with Gasteiger partial charge in [-0.15, -0.1) is 0 Å². The first-order valence-electron chi connectivity index (χ1n) is 14.0. The maximum Gasteiger partial charge on any atom is 0.397 e. The van der Waals surface area contributed by atoms with Crippen LogP contribution in [0.4, 0.5) is 0 Å². The predicted molar refractivity (Wildman–Crippen MR) is 144 cm³/mol. The molecule has 7 atom stereocenters. The molecule has 0 saturated carbocycles. The first-order chi connectivity index (χ1) is 18.5. The highest BCUT2D eigenvalue weighted by Gasteiger charge is 2.48. The lowest BCUT2D eigenvalue weighted by molar-refractivity contribution is -0.298. The van der Waals surface area contributed by atoms with E-state index < -0.39 is 65.8 Å². The van der Waals surface area contributed by atoms with Crippen LogP contribution in [-0.4, -0.2) is 95.4 Å². The minimum atomic E-state index is -5.05. The van der Waals surface area contributed by atoms with Gasteiger partial charge in [-0.3, -0.25) is 9.35 Å². The molecule has 0 aromatic heterocycles. The summed E-state index contributed by atoms with van der Waals surface area (Å²) < 4.78 is 46.3. The van der Waals surface area contributed by atoms with Crippen molar-refractivity contribution in [2.75, 3.05) is 13.2 Å². The lowest BCUT2D eigenvalue weighted by atomic mass is 9.99. The normalized spacial score (nSPS) is 25.6. The van der Waals surface area contributed by atoms with E-state index in [0.29, 0.717) is 0 Å². The number of aliphatic hydroxyl groups excluding tert-OH is 4. The zero-order chi connectivity index (χ0) is 29.3. The molecule has 0 radical (unpaired) electrons. The van der Waals surface area contributed by atoms with Gasteiger partial charge in [0.05, 0.1) is 25.4 Å². The van der Waals surface area contributed by atoms with E-state index in [1.165, 1.54) is 64.7 Å². The summed E-state index contributed by atoms with van der Waals surface area (Å²) >= 11 is 0. The molecule has 39 heavy (non-hydrogen) atoms. The van der Waals surface area contributed by atoms with Gasteiger partial charge >= 0.3 is 10.4 Å². The van der Waals surface area contributed by atoms with Gasteiger partial charge in [-0.1, -0.05) is 83.3 Å². The van der Waals surface area contributed by atoms with E-state index in [1.54, 1.807) is 6.08 Å². The number of allylic oxidation sites excluding steroid dienone is 1. The van der Waals surface area contributed by atoms with Gasteiger partial charge in [0.15, 0.2) is 6.29 Å². The zero-order valence-corrected chi connectivity index (χ0v) is 24.0. The molecule has 0 bridgehead atoms. The molecule has 1 rings (SSSR count). The summed E-state index contributed by atoms with van der Waals surface area (Å²) in [7, 11) is -5.05. The molecule has 6 N–H and O–H groups in total. The van der Waals surface area contributed by atoms with Gasteiger partial charge in [0.25, 0.3) is 0 Å². The fourth-order valence-corrected chi connectivity index (χ4v) is 4.93. The number of nitrogens with one attached hydrogen (secondary N) is 1. The molecular weight excluding hydrogens is 534 g/mol. The fraction of sp³-hybridized carbons (Fsp3) is 0.885. The van der Waals surface area contributed by atoms with Crippen molar-refractivity contribution in [1.82, 2.24) is 5.32 Å². The number of rotatable bonds is 21. The minimum absolute atomic E-state index is 0.363. The van der Waals surface area contributed by atoms with Gasteiger partial charge in [-0.05, 0) is 12.8 Å². The molecule has 1 saturated heterocycles. The van der Waals surface area contributed by atoms with Crippen LogP contribution >= 0.6 is 0 Å². The van der Waals surface area contributed by atoms with Crippen LogP contribution in [0.5, 0.6) is 0 Å². The van der Waals surface area contributed by atoms with Crippen molar-refractivity contribution in [3.63, 3.8) is 0 Å². The van der Waals surface area contributed by atoms with Gasteiger partial charge in [-0.25, -0.2) is 4.18 Å². The second-order valence-corrected chi connectivity index (χ2v) is 11.1. The lowest BCUT2D eigenvalue weighted by Crippen LogP contribution is -2.61. The van der Waals surface area contributed by atoms with Crippen molar-refractivity contribution in [3.8, 4) is 0 Å². The Bertz CT molecular complexity index is 795. The molecule has 1 amide bonds. The van der Waals surface area contributed by atoms with Crippen molar-refractivity contribution in [2.45, 2.75) is 134 Å². The summed E-state index contributed by atoms with van der Waals surface area (Å²) in [5, 5.41) is 43.0. The number of unbranched alkanes of at least 4 members (excludes halogenated alkanes) is 11. The molecule has 0 aromatic rings. The van der Waals surface area contributed by atoms with Crippen LogP contribution in [0, 0.1) is 0 Å². The Morgan fingerprint density at radius 1 is 1.00 bits per heavy atom. The Morgan fingerprint density at radius 2 is 1.56 bits per heavy atom. The smallest absolute Gasteiger partial charge is 0.394 e. The molecular formula is C26H49NO11S. The van der Waals surface area contributed by atoms with Crippen molar-refractivity contribution in [2.24, 2.45) is 0 Å². The summed E-state index contributed by atoms with van der Waals surface area (Å²) in [6, 6.07) is -0.938. The summed E-state index contributed by atoms with van der Waals surface area (Å²) in [5.41, 5.74) is 0. The topological polar surface area (TPSA) is 192 Å². The maximum absolute atomic E-state index is 11.6. The van der Waals surface area contributed by atoms with Crippen molar-refractivity contribution < 1.29 is 51.8 Å². The van der Waals surface area contributed by atoms with Crippen molar-refractivity contribution >= 4 is 16.3 Å². The van der Waals surface area contributed by atoms with E-state index in [9.17, 15) is 33.6 Å². The third kappa shape index (κ3) is 15.4.